The first-order valence-corrected chi connectivity index (χ1v) is 14.4. The fourth-order valence-electron chi connectivity index (χ4n) is 8.00. The SMILES string of the molecule is CC12C(=O)N(c3ccccc3)C(=O)C1CC1C(=CCC3C(=O)N(c4cccc(B(O)O)c4)C(=O)C31)C2c1cccc(O)c1. The Bertz CT molecular complexity index is 1720. The van der Waals surface area contributed by atoms with Crippen molar-refractivity contribution in [1.29, 1.82) is 0 Å². The molecule has 3 N–H and O–H groups in total. The summed E-state index contributed by atoms with van der Waals surface area (Å²) in [5.41, 5.74) is 1.18. The molecule has 0 bridgehead atoms. The van der Waals surface area contributed by atoms with E-state index in [-0.39, 0.29) is 47.5 Å². The summed E-state index contributed by atoms with van der Waals surface area (Å²) >= 11 is 0. The first-order valence-electron chi connectivity index (χ1n) is 14.4. The number of benzene rings is 3. The zero-order valence-electron chi connectivity index (χ0n) is 23.3. The predicted molar refractivity (Wildman–Crippen MR) is 158 cm³/mol. The van der Waals surface area contributed by atoms with Gasteiger partial charge in [0, 0.05) is 5.92 Å². The van der Waals surface area contributed by atoms with Crippen molar-refractivity contribution < 1.29 is 34.3 Å². The third-order valence-electron chi connectivity index (χ3n) is 9.92. The molecule has 0 radical (unpaired) electrons. The summed E-state index contributed by atoms with van der Waals surface area (Å²) in [5.74, 6) is -4.73. The predicted octanol–water partition coefficient (Wildman–Crippen LogP) is 2.51. The van der Waals surface area contributed by atoms with E-state index in [0.29, 0.717) is 11.3 Å². The van der Waals surface area contributed by atoms with E-state index >= 15 is 0 Å². The van der Waals surface area contributed by atoms with Crippen molar-refractivity contribution in [3.63, 3.8) is 0 Å². The minimum Gasteiger partial charge on any atom is -0.508 e. The van der Waals surface area contributed by atoms with Crippen LogP contribution in [0.1, 0.15) is 31.2 Å². The van der Waals surface area contributed by atoms with Crippen LogP contribution in [0, 0.1) is 29.1 Å². The van der Waals surface area contributed by atoms with Gasteiger partial charge in [-0.1, -0.05) is 54.1 Å². The smallest absolute Gasteiger partial charge is 0.488 e. The number of aromatic hydroxyl groups is 1. The van der Waals surface area contributed by atoms with Crippen LogP contribution >= 0.6 is 0 Å². The molecule has 4 amide bonds. The van der Waals surface area contributed by atoms with Crippen LogP contribution in [-0.2, 0) is 19.2 Å². The molecular formula is C33H29BN2O7. The maximum atomic E-state index is 14.3. The lowest BCUT2D eigenvalue weighted by molar-refractivity contribution is -0.131. The Kier molecular flexibility index (Phi) is 6.19. The van der Waals surface area contributed by atoms with E-state index in [1.807, 2.05) is 18.2 Å². The second-order valence-corrected chi connectivity index (χ2v) is 12.1. The van der Waals surface area contributed by atoms with Crippen molar-refractivity contribution in [3.05, 3.63) is 96.1 Å². The number of hydrogen-bond donors (Lipinski definition) is 3. The summed E-state index contributed by atoms with van der Waals surface area (Å²) in [5, 5.41) is 29.8. The highest BCUT2D eigenvalue weighted by Gasteiger charge is 2.67. The molecule has 2 saturated heterocycles. The number of fused-ring (bicyclic) bond motifs is 4. The Hall–Kier alpha value is -4.54. The Morgan fingerprint density at radius 1 is 0.791 bits per heavy atom. The number of phenols is 1. The highest BCUT2D eigenvalue weighted by atomic mass is 16.4. The minimum absolute atomic E-state index is 0.0231. The van der Waals surface area contributed by atoms with Crippen LogP contribution in [-0.4, -0.2) is 45.9 Å². The molecule has 2 aliphatic carbocycles. The third-order valence-corrected chi connectivity index (χ3v) is 9.92. The summed E-state index contributed by atoms with van der Waals surface area (Å²) in [6.45, 7) is 1.80. The molecular weight excluding hydrogens is 547 g/mol. The van der Waals surface area contributed by atoms with E-state index in [1.165, 1.54) is 17.0 Å². The van der Waals surface area contributed by atoms with Gasteiger partial charge in [-0.05, 0) is 73.1 Å². The number of hydrogen-bond acceptors (Lipinski definition) is 7. The number of nitrogens with zero attached hydrogens (tertiary/aromatic N) is 2. The van der Waals surface area contributed by atoms with Gasteiger partial charge < -0.3 is 15.2 Å². The maximum absolute atomic E-state index is 14.3. The second-order valence-electron chi connectivity index (χ2n) is 12.1. The van der Waals surface area contributed by atoms with Crippen LogP contribution in [0.15, 0.2) is 90.5 Å². The topological polar surface area (TPSA) is 135 Å². The summed E-state index contributed by atoms with van der Waals surface area (Å²) in [6, 6.07) is 21.5. The van der Waals surface area contributed by atoms with Gasteiger partial charge in [0.2, 0.25) is 23.6 Å². The van der Waals surface area contributed by atoms with Crippen LogP contribution in [0.4, 0.5) is 11.4 Å². The number of phenolic OH excluding ortho intramolecular Hbond substituents is 1. The molecule has 1 saturated carbocycles. The molecule has 4 aliphatic rings. The monoisotopic (exact) mass is 576 g/mol. The zero-order chi connectivity index (χ0) is 30.2. The average molecular weight is 576 g/mol. The molecule has 43 heavy (non-hydrogen) atoms. The normalized spacial score (nSPS) is 29.7. The van der Waals surface area contributed by atoms with Crippen LogP contribution < -0.4 is 15.3 Å². The van der Waals surface area contributed by atoms with Crippen molar-refractivity contribution in [1.82, 2.24) is 0 Å². The minimum atomic E-state index is -1.76. The lowest BCUT2D eigenvalue weighted by atomic mass is 9.51. The van der Waals surface area contributed by atoms with Crippen LogP contribution in [0.5, 0.6) is 5.75 Å². The quantitative estimate of drug-likeness (QED) is 0.247. The molecule has 6 atom stereocenters. The molecule has 10 heteroatoms. The van der Waals surface area contributed by atoms with Crippen LogP contribution in [0.2, 0.25) is 0 Å². The number of rotatable bonds is 4. The fourth-order valence-corrected chi connectivity index (χ4v) is 8.00. The highest BCUT2D eigenvalue weighted by molar-refractivity contribution is 6.58. The molecule has 0 spiro atoms. The summed E-state index contributed by atoms with van der Waals surface area (Å²) in [4.78, 5) is 58.7. The number of para-hydroxylation sites is 1. The molecule has 2 heterocycles. The van der Waals surface area contributed by atoms with Gasteiger partial charge >= 0.3 is 7.12 Å². The van der Waals surface area contributed by atoms with Gasteiger partial charge in [-0.2, -0.15) is 0 Å². The van der Waals surface area contributed by atoms with E-state index in [0.717, 1.165) is 10.5 Å². The van der Waals surface area contributed by atoms with Gasteiger partial charge in [-0.25, -0.2) is 4.90 Å². The van der Waals surface area contributed by atoms with Gasteiger partial charge in [0.25, 0.3) is 0 Å². The van der Waals surface area contributed by atoms with Crippen LogP contribution in [0.25, 0.3) is 0 Å². The molecule has 3 aromatic rings. The van der Waals surface area contributed by atoms with E-state index in [9.17, 15) is 34.3 Å². The molecule has 3 aromatic carbocycles. The molecule has 2 aliphatic heterocycles. The number of carbonyl (C=O) groups is 4. The molecule has 216 valence electrons. The summed E-state index contributed by atoms with van der Waals surface area (Å²) < 4.78 is 0. The number of imide groups is 2. The second kappa shape index (κ2) is 9.75. The average Bonchev–Trinajstić information content (AvgIpc) is 3.37. The van der Waals surface area contributed by atoms with Gasteiger partial charge in [0.15, 0.2) is 0 Å². The van der Waals surface area contributed by atoms with Gasteiger partial charge in [-0.3, -0.25) is 24.1 Å². The van der Waals surface area contributed by atoms with Crippen molar-refractivity contribution in [2.75, 3.05) is 9.80 Å². The first-order chi connectivity index (χ1) is 20.6. The van der Waals surface area contributed by atoms with E-state index in [4.69, 9.17) is 0 Å². The molecule has 0 aromatic heterocycles. The lowest BCUT2D eigenvalue weighted by Gasteiger charge is -2.49. The van der Waals surface area contributed by atoms with Crippen molar-refractivity contribution in [3.8, 4) is 5.75 Å². The highest BCUT2D eigenvalue weighted by Crippen LogP contribution is 2.63. The molecule has 9 nitrogen and oxygen atoms in total. The standard InChI is InChI=1S/C33H29BN2O7/c1-33-26(30(39)36(32(33)41)20-9-3-2-4-10-20)17-25-23(28(33)18-7-5-12-22(37)15-18)13-14-24-27(25)31(40)35(29(24)38)21-11-6-8-19(16-21)34(42)43/h2-13,15-16,24-28,37,42-43H,14,17H2,1H3. The Morgan fingerprint density at radius 2 is 1.51 bits per heavy atom. The first kappa shape index (κ1) is 27.3. The van der Waals surface area contributed by atoms with Crippen molar-refractivity contribution in [2.24, 2.45) is 29.1 Å². The number of carbonyl (C=O) groups excluding carboxylic acids is 4. The van der Waals surface area contributed by atoms with Gasteiger partial charge in [0.05, 0.1) is 34.5 Å². The zero-order valence-corrected chi connectivity index (χ0v) is 23.3. The molecule has 6 unspecified atom stereocenters. The van der Waals surface area contributed by atoms with E-state index in [2.05, 4.69) is 0 Å². The van der Waals surface area contributed by atoms with Gasteiger partial charge in [-0.15, -0.1) is 0 Å². The van der Waals surface area contributed by atoms with E-state index < -0.39 is 48.0 Å². The number of amides is 4. The molecule has 7 rings (SSSR count). The Balaban J connectivity index is 1.35. The third kappa shape index (κ3) is 3.86. The Labute approximate surface area is 248 Å². The molecule has 3 fully saturated rings. The summed E-state index contributed by atoms with van der Waals surface area (Å²) in [7, 11) is -1.76. The van der Waals surface area contributed by atoms with Crippen LogP contribution in [0.3, 0.4) is 0 Å². The van der Waals surface area contributed by atoms with Crippen molar-refractivity contribution >= 4 is 47.6 Å². The lowest BCUT2D eigenvalue weighted by Crippen LogP contribution is -2.48. The summed E-state index contributed by atoms with van der Waals surface area (Å²) in [6.07, 6.45) is 2.45. The van der Waals surface area contributed by atoms with E-state index in [1.54, 1.807) is 61.5 Å². The number of allylic oxidation sites excluding steroid dienone is 2. The Morgan fingerprint density at radius 3 is 2.23 bits per heavy atom. The van der Waals surface area contributed by atoms with Gasteiger partial charge in [0.1, 0.15) is 5.75 Å². The fraction of sp³-hybridized carbons (Fsp3) is 0.273. The van der Waals surface area contributed by atoms with Crippen molar-refractivity contribution in [2.45, 2.75) is 25.7 Å². The number of anilines is 2. The largest absolute Gasteiger partial charge is 0.508 e. The maximum Gasteiger partial charge on any atom is 0.488 e.